The summed E-state index contributed by atoms with van der Waals surface area (Å²) >= 11 is 3.41. The molecule has 0 fully saturated rings. The van der Waals surface area contributed by atoms with Crippen molar-refractivity contribution < 1.29 is 4.52 Å². The van der Waals surface area contributed by atoms with Crippen molar-refractivity contribution in [1.82, 2.24) is 10.1 Å². The van der Waals surface area contributed by atoms with Gasteiger partial charge in [0.25, 0.3) is 0 Å². The van der Waals surface area contributed by atoms with Crippen LogP contribution in [0.1, 0.15) is 0 Å². The van der Waals surface area contributed by atoms with E-state index >= 15 is 0 Å². The number of nitrogens with two attached hydrogens (primary N) is 1. The van der Waals surface area contributed by atoms with Crippen molar-refractivity contribution in [3.8, 4) is 22.5 Å². The van der Waals surface area contributed by atoms with Gasteiger partial charge in [-0.3, -0.25) is 4.79 Å². The summed E-state index contributed by atoms with van der Waals surface area (Å²) in [6.07, 6.45) is 3.13. The molecule has 0 aliphatic rings. The lowest BCUT2D eigenvalue weighted by atomic mass is 10.0. The van der Waals surface area contributed by atoms with Crippen molar-refractivity contribution in [2.24, 2.45) is 0 Å². The molecule has 3 N–H and O–H groups in total. The van der Waals surface area contributed by atoms with E-state index in [1.54, 1.807) is 12.4 Å². The number of anilines is 1. The number of nitrogens with zero attached hydrogens (tertiary/aromatic N) is 1. The first-order chi connectivity index (χ1) is 9.66. The van der Waals surface area contributed by atoms with Crippen LogP contribution in [-0.4, -0.2) is 10.1 Å². The average Bonchev–Trinajstić information content (AvgIpc) is 2.81. The molecule has 6 heteroatoms. The number of nitrogens with one attached hydrogen (secondary N) is 1. The number of hydrogen-bond acceptors (Lipinski definition) is 4. The maximum absolute atomic E-state index is 11.9. The van der Waals surface area contributed by atoms with Crippen LogP contribution in [0.5, 0.6) is 0 Å². The minimum Gasteiger partial charge on any atom is -0.380 e. The third-order valence-electron chi connectivity index (χ3n) is 2.90. The molecule has 100 valence electrons. The molecule has 0 atom stereocenters. The summed E-state index contributed by atoms with van der Waals surface area (Å²) in [5.74, 6) is 0.615. The van der Waals surface area contributed by atoms with Gasteiger partial charge in [0.2, 0.25) is 0 Å². The fourth-order valence-electron chi connectivity index (χ4n) is 2.00. The first-order valence-electron chi connectivity index (χ1n) is 5.85. The minimum absolute atomic E-state index is 0.156. The van der Waals surface area contributed by atoms with E-state index in [0.29, 0.717) is 16.9 Å². The maximum Gasteiger partial charge on any atom is 0.192 e. The normalized spacial score (nSPS) is 10.7. The van der Waals surface area contributed by atoms with E-state index in [2.05, 4.69) is 26.1 Å². The summed E-state index contributed by atoms with van der Waals surface area (Å²) in [5, 5.41) is 3.77. The molecule has 0 unspecified atom stereocenters. The number of hydrogen-bond donors (Lipinski definition) is 2. The second-order valence-corrected chi connectivity index (χ2v) is 5.12. The van der Waals surface area contributed by atoms with Crippen LogP contribution in [0.25, 0.3) is 22.5 Å². The highest BCUT2D eigenvalue weighted by atomic mass is 79.9. The minimum atomic E-state index is -0.156. The lowest BCUT2D eigenvalue weighted by Crippen LogP contribution is -2.02. The van der Waals surface area contributed by atoms with Gasteiger partial charge in [-0.15, -0.1) is 0 Å². The van der Waals surface area contributed by atoms with Crippen LogP contribution >= 0.6 is 15.9 Å². The van der Waals surface area contributed by atoms with Crippen molar-refractivity contribution in [3.05, 3.63) is 57.4 Å². The van der Waals surface area contributed by atoms with Gasteiger partial charge in [0, 0.05) is 22.9 Å². The molecule has 0 aliphatic carbocycles. The molecule has 5 nitrogen and oxygen atoms in total. The third kappa shape index (κ3) is 2.14. The van der Waals surface area contributed by atoms with Crippen molar-refractivity contribution in [1.29, 1.82) is 0 Å². The molecular weight excluding hydrogens is 322 g/mol. The lowest BCUT2D eigenvalue weighted by Gasteiger charge is -2.02. The lowest BCUT2D eigenvalue weighted by molar-refractivity contribution is 0.435. The first kappa shape index (κ1) is 12.7. The summed E-state index contributed by atoms with van der Waals surface area (Å²) < 4.78 is 6.15. The number of rotatable bonds is 2. The first-order valence-corrected chi connectivity index (χ1v) is 6.64. The standard InChI is InChI=1S/C14H10BrN3O2/c15-9-3-1-2-8(6-9)12-13(20-18-14(12)16)10-7-17-5-4-11(10)19/h1-7H,(H2,16,18)(H,17,19). The Morgan fingerprint density at radius 3 is 2.90 bits per heavy atom. The molecule has 0 bridgehead atoms. The fourth-order valence-corrected chi connectivity index (χ4v) is 2.40. The fraction of sp³-hybridized carbons (Fsp3) is 0. The summed E-state index contributed by atoms with van der Waals surface area (Å²) in [5.41, 5.74) is 7.56. The zero-order valence-corrected chi connectivity index (χ0v) is 11.8. The van der Waals surface area contributed by atoms with Gasteiger partial charge < -0.3 is 15.2 Å². The second kappa shape index (κ2) is 4.97. The predicted octanol–water partition coefficient (Wildman–Crippen LogP) is 3.04. The van der Waals surface area contributed by atoms with Gasteiger partial charge in [0.15, 0.2) is 17.0 Å². The van der Waals surface area contributed by atoms with Crippen molar-refractivity contribution >= 4 is 21.7 Å². The van der Waals surface area contributed by atoms with Gasteiger partial charge in [0.1, 0.15) is 0 Å². The van der Waals surface area contributed by atoms with E-state index in [4.69, 9.17) is 10.3 Å². The van der Waals surface area contributed by atoms with Gasteiger partial charge in [-0.2, -0.15) is 0 Å². The van der Waals surface area contributed by atoms with Crippen molar-refractivity contribution in [3.63, 3.8) is 0 Å². The highest BCUT2D eigenvalue weighted by Crippen LogP contribution is 2.35. The molecular formula is C14H10BrN3O2. The topological polar surface area (TPSA) is 84.9 Å². The Hall–Kier alpha value is -2.34. The molecule has 0 saturated heterocycles. The molecule has 0 radical (unpaired) electrons. The molecule has 2 aromatic heterocycles. The Balaban J connectivity index is 2.26. The van der Waals surface area contributed by atoms with Crippen LogP contribution < -0.4 is 11.2 Å². The zero-order chi connectivity index (χ0) is 14.1. The van der Waals surface area contributed by atoms with Crippen LogP contribution in [-0.2, 0) is 0 Å². The molecule has 0 spiro atoms. The largest absolute Gasteiger partial charge is 0.380 e. The maximum atomic E-state index is 11.9. The highest BCUT2D eigenvalue weighted by Gasteiger charge is 2.19. The smallest absolute Gasteiger partial charge is 0.192 e. The Kier molecular flexibility index (Phi) is 3.15. The number of benzene rings is 1. The Bertz CT molecular complexity index is 823. The zero-order valence-electron chi connectivity index (χ0n) is 10.3. The van der Waals surface area contributed by atoms with Crippen molar-refractivity contribution in [2.45, 2.75) is 0 Å². The average molecular weight is 332 g/mol. The molecule has 0 saturated carbocycles. The second-order valence-electron chi connectivity index (χ2n) is 4.20. The number of pyridine rings is 1. The van der Waals surface area contributed by atoms with E-state index in [0.717, 1.165) is 10.0 Å². The molecule has 1 aromatic carbocycles. The third-order valence-corrected chi connectivity index (χ3v) is 3.39. The van der Waals surface area contributed by atoms with Crippen LogP contribution in [0.4, 0.5) is 5.82 Å². The summed E-state index contributed by atoms with van der Waals surface area (Å²) in [6.45, 7) is 0. The van der Waals surface area contributed by atoms with E-state index in [1.807, 2.05) is 24.3 Å². The highest BCUT2D eigenvalue weighted by molar-refractivity contribution is 9.10. The molecule has 20 heavy (non-hydrogen) atoms. The molecule has 3 aromatic rings. The number of halogens is 1. The van der Waals surface area contributed by atoms with E-state index in [9.17, 15) is 4.79 Å². The molecule has 0 amide bonds. The van der Waals surface area contributed by atoms with Gasteiger partial charge in [-0.25, -0.2) is 0 Å². The van der Waals surface area contributed by atoms with Gasteiger partial charge in [0.05, 0.1) is 11.1 Å². The Morgan fingerprint density at radius 2 is 2.15 bits per heavy atom. The van der Waals surface area contributed by atoms with Gasteiger partial charge in [-0.05, 0) is 17.7 Å². The Morgan fingerprint density at radius 1 is 1.30 bits per heavy atom. The quantitative estimate of drug-likeness (QED) is 0.755. The van der Waals surface area contributed by atoms with E-state index in [1.165, 1.54) is 6.07 Å². The van der Waals surface area contributed by atoms with E-state index < -0.39 is 0 Å². The van der Waals surface area contributed by atoms with Gasteiger partial charge in [-0.1, -0.05) is 33.2 Å². The van der Waals surface area contributed by atoms with Gasteiger partial charge >= 0.3 is 0 Å². The van der Waals surface area contributed by atoms with Crippen LogP contribution in [0.15, 0.2) is 56.5 Å². The van der Waals surface area contributed by atoms with E-state index in [-0.39, 0.29) is 11.2 Å². The Labute approximate surface area is 122 Å². The summed E-state index contributed by atoms with van der Waals surface area (Å²) in [4.78, 5) is 14.8. The van der Waals surface area contributed by atoms with Crippen LogP contribution in [0.2, 0.25) is 0 Å². The SMILES string of the molecule is Nc1noc(-c2c[nH]ccc2=O)c1-c1cccc(Br)c1. The summed E-state index contributed by atoms with van der Waals surface area (Å²) in [7, 11) is 0. The number of aromatic nitrogens is 2. The number of nitrogen functional groups attached to an aromatic ring is 1. The molecule has 2 heterocycles. The molecule has 0 aliphatic heterocycles. The molecule has 3 rings (SSSR count). The number of aromatic amines is 1. The van der Waals surface area contributed by atoms with Crippen molar-refractivity contribution in [2.75, 3.05) is 5.73 Å². The van der Waals surface area contributed by atoms with Crippen LogP contribution in [0, 0.1) is 0 Å². The van der Waals surface area contributed by atoms with Crippen LogP contribution in [0.3, 0.4) is 0 Å². The number of H-pyrrole nitrogens is 1. The predicted molar refractivity (Wildman–Crippen MR) is 80.1 cm³/mol. The summed E-state index contributed by atoms with van der Waals surface area (Å²) in [6, 6.07) is 8.99. The monoisotopic (exact) mass is 331 g/mol.